The Hall–Kier alpha value is -2.24. The number of allylic oxidation sites excluding steroid dienone is 2. The predicted octanol–water partition coefficient (Wildman–Crippen LogP) is 5.04. The second-order valence-electron chi connectivity index (χ2n) is 5.94. The van der Waals surface area contributed by atoms with E-state index >= 15 is 0 Å². The molecule has 2 rings (SSSR count). The van der Waals surface area contributed by atoms with Gasteiger partial charge in [-0.1, -0.05) is 12.1 Å². The molecule has 0 fully saturated rings. The van der Waals surface area contributed by atoms with E-state index in [1.807, 2.05) is 24.3 Å². The maximum absolute atomic E-state index is 12.6. The molecule has 6 heteroatoms. The van der Waals surface area contributed by atoms with Gasteiger partial charge in [0.25, 0.3) is 5.78 Å². The molecule has 25 heavy (non-hydrogen) atoms. The molecular formula is C19H22F3NO2. The molecule has 0 spiro atoms. The van der Waals surface area contributed by atoms with Crippen molar-refractivity contribution in [2.75, 3.05) is 18.0 Å². The largest absolute Gasteiger partial charge is 0.507 e. The molecule has 0 amide bonds. The Labute approximate surface area is 145 Å². The van der Waals surface area contributed by atoms with Gasteiger partial charge in [0.15, 0.2) is 0 Å². The van der Waals surface area contributed by atoms with Crippen LogP contribution in [0.5, 0.6) is 0 Å². The standard InChI is InChI=1S/C19H22F3NO2/c1-3-23(4-2)15-10-8-13(9-11-15)12-14-6-5-7-16(17(14)24)18(25)19(20,21)22/h8-12,24H,3-7H2,1-2H3/b14-12+. The van der Waals surface area contributed by atoms with Crippen LogP contribution in [0.3, 0.4) is 0 Å². The van der Waals surface area contributed by atoms with Crippen molar-refractivity contribution in [3.63, 3.8) is 0 Å². The molecule has 0 bridgehead atoms. The number of carbonyl (C=O) groups excluding carboxylic acids is 1. The van der Waals surface area contributed by atoms with Gasteiger partial charge in [-0.15, -0.1) is 0 Å². The van der Waals surface area contributed by atoms with Gasteiger partial charge in [-0.2, -0.15) is 13.2 Å². The lowest BCUT2D eigenvalue weighted by Gasteiger charge is -2.21. The number of benzene rings is 1. The number of halogens is 3. The van der Waals surface area contributed by atoms with Crippen molar-refractivity contribution in [3.8, 4) is 0 Å². The van der Waals surface area contributed by atoms with Crippen LogP contribution >= 0.6 is 0 Å². The first-order chi connectivity index (χ1) is 11.8. The van der Waals surface area contributed by atoms with Crippen LogP contribution in [0, 0.1) is 0 Å². The van der Waals surface area contributed by atoms with Gasteiger partial charge in [0.05, 0.1) is 0 Å². The first kappa shape index (κ1) is 19.1. The summed E-state index contributed by atoms with van der Waals surface area (Å²) in [4.78, 5) is 13.6. The molecule has 0 saturated carbocycles. The number of aliphatic hydroxyl groups is 1. The molecule has 0 radical (unpaired) electrons. The van der Waals surface area contributed by atoms with Crippen LogP contribution in [0.15, 0.2) is 41.2 Å². The molecule has 0 aromatic heterocycles. The van der Waals surface area contributed by atoms with Gasteiger partial charge in [0, 0.05) is 24.4 Å². The van der Waals surface area contributed by atoms with Crippen molar-refractivity contribution in [1.29, 1.82) is 0 Å². The number of rotatable bonds is 5. The van der Waals surface area contributed by atoms with Gasteiger partial charge in [-0.3, -0.25) is 4.79 Å². The molecule has 3 nitrogen and oxygen atoms in total. The highest BCUT2D eigenvalue weighted by Crippen LogP contribution is 2.34. The highest BCUT2D eigenvalue weighted by Gasteiger charge is 2.42. The Bertz CT molecular complexity index is 684. The Balaban J connectivity index is 2.29. The number of Topliss-reactive ketones (excluding diaryl/α,β-unsaturated/α-hetero) is 1. The Morgan fingerprint density at radius 1 is 1.16 bits per heavy atom. The zero-order valence-corrected chi connectivity index (χ0v) is 14.4. The van der Waals surface area contributed by atoms with Crippen molar-refractivity contribution < 1.29 is 23.1 Å². The fourth-order valence-electron chi connectivity index (χ4n) is 2.99. The summed E-state index contributed by atoms with van der Waals surface area (Å²) in [6.07, 6.45) is -2.52. The number of carbonyl (C=O) groups is 1. The van der Waals surface area contributed by atoms with Gasteiger partial charge >= 0.3 is 6.18 Å². The van der Waals surface area contributed by atoms with Gasteiger partial charge in [0.1, 0.15) is 5.76 Å². The van der Waals surface area contributed by atoms with Gasteiger partial charge in [-0.25, -0.2) is 0 Å². The van der Waals surface area contributed by atoms with Crippen LogP contribution in [0.2, 0.25) is 0 Å². The Kier molecular flexibility index (Phi) is 5.93. The lowest BCUT2D eigenvalue weighted by Crippen LogP contribution is -2.27. The van der Waals surface area contributed by atoms with Crippen molar-refractivity contribution in [3.05, 3.63) is 46.7 Å². The first-order valence-corrected chi connectivity index (χ1v) is 8.37. The zero-order chi connectivity index (χ0) is 18.6. The lowest BCUT2D eigenvalue weighted by atomic mass is 9.89. The second-order valence-corrected chi connectivity index (χ2v) is 5.94. The third-order valence-corrected chi connectivity index (χ3v) is 4.36. The zero-order valence-electron chi connectivity index (χ0n) is 14.4. The van der Waals surface area contributed by atoms with Crippen molar-refractivity contribution >= 4 is 17.5 Å². The van der Waals surface area contributed by atoms with E-state index in [-0.39, 0.29) is 6.42 Å². The molecule has 0 unspecified atom stereocenters. The Morgan fingerprint density at radius 2 is 1.76 bits per heavy atom. The van der Waals surface area contributed by atoms with Crippen LogP contribution in [-0.4, -0.2) is 30.2 Å². The molecular weight excluding hydrogens is 331 g/mol. The average Bonchev–Trinajstić information content (AvgIpc) is 2.58. The summed E-state index contributed by atoms with van der Waals surface area (Å²) in [6, 6.07) is 7.58. The summed E-state index contributed by atoms with van der Waals surface area (Å²) in [6.45, 7) is 5.87. The van der Waals surface area contributed by atoms with Crippen molar-refractivity contribution in [2.24, 2.45) is 0 Å². The molecule has 0 aliphatic heterocycles. The molecule has 0 atom stereocenters. The molecule has 136 valence electrons. The SMILES string of the molecule is CCN(CC)c1ccc(/C=C2\CCCC(C(=O)C(F)(F)F)=C2O)cc1. The van der Waals surface area contributed by atoms with E-state index in [4.69, 9.17) is 0 Å². The fraction of sp³-hybridized carbons (Fsp3) is 0.421. The van der Waals surface area contributed by atoms with Crippen LogP contribution < -0.4 is 4.90 Å². The van der Waals surface area contributed by atoms with E-state index in [2.05, 4.69) is 18.7 Å². The van der Waals surface area contributed by atoms with E-state index in [9.17, 15) is 23.1 Å². The minimum absolute atomic E-state index is 0.0532. The summed E-state index contributed by atoms with van der Waals surface area (Å²) in [5.74, 6) is -2.48. The summed E-state index contributed by atoms with van der Waals surface area (Å²) >= 11 is 0. The third-order valence-electron chi connectivity index (χ3n) is 4.36. The molecule has 0 saturated heterocycles. The van der Waals surface area contributed by atoms with E-state index in [1.54, 1.807) is 6.08 Å². The maximum atomic E-state index is 12.6. The molecule has 1 aromatic rings. The topological polar surface area (TPSA) is 40.5 Å². The van der Waals surface area contributed by atoms with E-state index in [0.717, 1.165) is 24.3 Å². The number of nitrogens with zero attached hydrogens (tertiary/aromatic N) is 1. The van der Waals surface area contributed by atoms with Gasteiger partial charge in [-0.05, 0) is 62.5 Å². The van der Waals surface area contributed by atoms with Gasteiger partial charge in [0.2, 0.25) is 0 Å². The first-order valence-electron chi connectivity index (χ1n) is 8.37. The quantitative estimate of drug-likeness (QED) is 0.806. The lowest BCUT2D eigenvalue weighted by molar-refractivity contribution is -0.167. The van der Waals surface area contributed by atoms with Crippen LogP contribution in [0.25, 0.3) is 6.08 Å². The van der Waals surface area contributed by atoms with E-state index < -0.39 is 23.3 Å². The van der Waals surface area contributed by atoms with Crippen molar-refractivity contribution in [1.82, 2.24) is 0 Å². The minimum atomic E-state index is -4.96. The summed E-state index contributed by atoms with van der Waals surface area (Å²) < 4.78 is 37.9. The van der Waals surface area contributed by atoms with Gasteiger partial charge < -0.3 is 10.0 Å². The van der Waals surface area contributed by atoms with Crippen LogP contribution in [-0.2, 0) is 4.79 Å². The normalized spacial score (nSPS) is 17.1. The number of alkyl halides is 3. The van der Waals surface area contributed by atoms with Crippen molar-refractivity contribution in [2.45, 2.75) is 39.3 Å². The molecule has 1 aliphatic rings. The smallest absolute Gasteiger partial charge is 0.454 e. The van der Waals surface area contributed by atoms with Crippen LogP contribution in [0.4, 0.5) is 18.9 Å². The number of ketones is 1. The maximum Gasteiger partial charge on any atom is 0.454 e. The third kappa shape index (κ3) is 4.44. The van der Waals surface area contributed by atoms with Crippen LogP contribution in [0.1, 0.15) is 38.7 Å². The number of hydrogen-bond donors (Lipinski definition) is 1. The minimum Gasteiger partial charge on any atom is -0.507 e. The van der Waals surface area contributed by atoms with E-state index in [0.29, 0.717) is 18.4 Å². The second kappa shape index (κ2) is 7.76. The fourth-order valence-corrected chi connectivity index (χ4v) is 2.99. The molecule has 1 N–H and O–H groups in total. The predicted molar refractivity (Wildman–Crippen MR) is 92.5 cm³/mol. The monoisotopic (exact) mass is 353 g/mol. The number of hydrogen-bond acceptors (Lipinski definition) is 3. The molecule has 1 aliphatic carbocycles. The summed E-state index contributed by atoms with van der Waals surface area (Å²) in [7, 11) is 0. The Morgan fingerprint density at radius 3 is 2.28 bits per heavy atom. The number of anilines is 1. The number of aliphatic hydroxyl groups excluding tert-OH is 1. The summed E-state index contributed by atoms with van der Waals surface area (Å²) in [5.41, 5.74) is 1.67. The highest BCUT2D eigenvalue weighted by molar-refractivity contribution is 6.00. The average molecular weight is 353 g/mol. The molecule has 0 heterocycles. The van der Waals surface area contributed by atoms with E-state index in [1.165, 1.54) is 0 Å². The highest BCUT2D eigenvalue weighted by atomic mass is 19.4. The summed E-state index contributed by atoms with van der Waals surface area (Å²) in [5, 5.41) is 10.1. The molecule has 1 aromatic carbocycles.